The fourth-order valence-corrected chi connectivity index (χ4v) is 4.28. The van der Waals surface area contributed by atoms with Crippen molar-refractivity contribution in [3.8, 4) is 23.6 Å². The molecule has 142 valence electrons. The summed E-state index contributed by atoms with van der Waals surface area (Å²) in [5.41, 5.74) is 4.17. The van der Waals surface area contributed by atoms with Gasteiger partial charge in [0.25, 0.3) is 5.91 Å². The first-order valence-corrected chi connectivity index (χ1v) is 8.66. The van der Waals surface area contributed by atoms with E-state index in [-0.39, 0.29) is 19.0 Å². The Kier molecular flexibility index (Phi) is 4.51. The predicted octanol–water partition coefficient (Wildman–Crippen LogP) is 1.92. The molecular formula is C19H22N4O4. The summed E-state index contributed by atoms with van der Waals surface area (Å²) in [7, 11) is 3.06. The molecule has 1 aliphatic carbocycles. The van der Waals surface area contributed by atoms with Crippen LogP contribution in [0.3, 0.4) is 0 Å². The van der Waals surface area contributed by atoms with Gasteiger partial charge in [-0.2, -0.15) is 10.5 Å². The van der Waals surface area contributed by atoms with Crippen LogP contribution in [0.1, 0.15) is 25.3 Å². The first kappa shape index (κ1) is 19.0. The normalized spacial score (nSPS) is 29.9. The van der Waals surface area contributed by atoms with Gasteiger partial charge in [-0.1, -0.05) is 6.07 Å². The third-order valence-corrected chi connectivity index (χ3v) is 5.35. The Labute approximate surface area is 158 Å². The van der Waals surface area contributed by atoms with E-state index >= 15 is 0 Å². The molecule has 1 aromatic rings. The smallest absolute Gasteiger partial charge is 0.293 e. The van der Waals surface area contributed by atoms with Crippen LogP contribution >= 0.6 is 0 Å². The molecule has 0 saturated heterocycles. The Bertz CT molecular complexity index is 865. The number of hydrogen-bond donors (Lipinski definition) is 1. The molecule has 0 aromatic heterocycles. The zero-order chi connectivity index (χ0) is 19.9. The van der Waals surface area contributed by atoms with E-state index in [1.54, 1.807) is 32.0 Å². The molecule has 2 N–H and O–H groups in total. The van der Waals surface area contributed by atoms with Gasteiger partial charge in [-0.15, -0.1) is 0 Å². The summed E-state index contributed by atoms with van der Waals surface area (Å²) in [6.45, 7) is 4.05. The number of fused-ring (bicyclic) bond motifs is 1. The molecule has 1 fully saturated rings. The molecule has 1 aliphatic heterocycles. The fraction of sp³-hybridized carbons (Fsp3) is 0.526. The van der Waals surface area contributed by atoms with Crippen molar-refractivity contribution in [3.63, 3.8) is 0 Å². The summed E-state index contributed by atoms with van der Waals surface area (Å²) >= 11 is 0. The lowest BCUT2D eigenvalue weighted by Gasteiger charge is -2.31. The Balaban J connectivity index is 2.21. The first-order chi connectivity index (χ1) is 13.0. The maximum atomic E-state index is 10.2. The maximum Gasteiger partial charge on any atom is 0.293 e. The number of amidine groups is 1. The molecule has 1 saturated carbocycles. The van der Waals surface area contributed by atoms with E-state index < -0.39 is 22.7 Å². The largest absolute Gasteiger partial charge is 0.493 e. The van der Waals surface area contributed by atoms with Gasteiger partial charge in [0.1, 0.15) is 11.3 Å². The molecule has 27 heavy (non-hydrogen) atoms. The van der Waals surface area contributed by atoms with E-state index in [1.165, 1.54) is 14.2 Å². The minimum atomic E-state index is -1.62. The lowest BCUT2D eigenvalue weighted by Crippen LogP contribution is -2.43. The molecule has 3 atom stereocenters. The highest BCUT2D eigenvalue weighted by Gasteiger charge is 2.93. The second-order valence-electron chi connectivity index (χ2n) is 6.33. The molecule has 2 aliphatic rings. The van der Waals surface area contributed by atoms with Crippen LogP contribution in [0.15, 0.2) is 23.2 Å². The summed E-state index contributed by atoms with van der Waals surface area (Å²) in [5.74, 6) is -1.10. The van der Waals surface area contributed by atoms with Crippen molar-refractivity contribution >= 4 is 5.84 Å². The van der Waals surface area contributed by atoms with Gasteiger partial charge in [-0.05, 0) is 31.5 Å². The Hall–Kier alpha value is -2.81. The van der Waals surface area contributed by atoms with Crippen LogP contribution in [0.5, 0.6) is 11.5 Å². The van der Waals surface area contributed by atoms with Crippen molar-refractivity contribution < 1.29 is 18.9 Å². The quantitative estimate of drug-likeness (QED) is 0.727. The summed E-state index contributed by atoms with van der Waals surface area (Å²) in [6, 6.07) is 9.77. The van der Waals surface area contributed by atoms with Crippen LogP contribution in [0.4, 0.5) is 0 Å². The first-order valence-electron chi connectivity index (χ1n) is 8.66. The minimum absolute atomic E-state index is 0.0493. The van der Waals surface area contributed by atoms with E-state index in [2.05, 4.69) is 17.1 Å². The summed E-state index contributed by atoms with van der Waals surface area (Å²) < 4.78 is 22.3. The van der Waals surface area contributed by atoms with Crippen molar-refractivity contribution in [2.45, 2.75) is 25.7 Å². The third-order valence-electron chi connectivity index (χ3n) is 5.35. The van der Waals surface area contributed by atoms with Gasteiger partial charge in [0, 0.05) is 19.1 Å². The second-order valence-corrected chi connectivity index (χ2v) is 6.33. The average Bonchev–Trinajstić information content (AvgIpc) is 3.26. The van der Waals surface area contributed by atoms with E-state index in [0.717, 1.165) is 0 Å². The lowest BCUT2D eigenvalue weighted by atomic mass is 9.93. The standard InChI is InChI=1S/C19H22N4O4/c1-5-26-19(27-6-2)18(11-21)15(17(18,10-20)16(22)23-19)12-7-8-13(24-3)14(9-12)25-4/h7-9,15H,5-6H2,1-4H3,(H2,22,23)/t15-,17-,18-/m0/s1. The van der Waals surface area contributed by atoms with Crippen LogP contribution in [0, 0.1) is 33.5 Å². The molecule has 8 nitrogen and oxygen atoms in total. The van der Waals surface area contributed by atoms with Crippen LogP contribution in [0.2, 0.25) is 0 Å². The fourth-order valence-electron chi connectivity index (χ4n) is 4.28. The van der Waals surface area contributed by atoms with E-state index in [4.69, 9.17) is 24.7 Å². The number of benzene rings is 1. The van der Waals surface area contributed by atoms with Crippen molar-refractivity contribution in [1.29, 1.82) is 10.5 Å². The Morgan fingerprint density at radius 2 is 1.70 bits per heavy atom. The minimum Gasteiger partial charge on any atom is -0.493 e. The monoisotopic (exact) mass is 370 g/mol. The number of methoxy groups -OCH3 is 2. The molecule has 3 rings (SSSR count). The van der Waals surface area contributed by atoms with Gasteiger partial charge in [0.15, 0.2) is 16.9 Å². The topological polar surface area (TPSA) is 123 Å². The summed E-state index contributed by atoms with van der Waals surface area (Å²) in [5, 5.41) is 20.2. The van der Waals surface area contributed by atoms with Gasteiger partial charge in [0.05, 0.1) is 26.4 Å². The van der Waals surface area contributed by atoms with Crippen molar-refractivity contribution in [1.82, 2.24) is 0 Å². The average molecular weight is 370 g/mol. The molecule has 1 aromatic carbocycles. The number of hydrogen-bond acceptors (Lipinski definition) is 8. The van der Waals surface area contributed by atoms with E-state index in [1.807, 2.05) is 0 Å². The summed E-state index contributed by atoms with van der Waals surface area (Å²) in [4.78, 5) is 4.32. The van der Waals surface area contributed by atoms with Gasteiger partial charge >= 0.3 is 0 Å². The summed E-state index contributed by atoms with van der Waals surface area (Å²) in [6.07, 6.45) is 0. The SMILES string of the molecule is CCOC1(OCC)N=C(N)[C@]2(C#N)[C@H](c3ccc(OC)c(OC)c3)[C@]12C#N. The highest BCUT2D eigenvalue weighted by Crippen LogP contribution is 2.82. The van der Waals surface area contributed by atoms with Crippen molar-refractivity contribution in [3.05, 3.63) is 23.8 Å². The Morgan fingerprint density at radius 1 is 1.07 bits per heavy atom. The van der Waals surface area contributed by atoms with Crippen molar-refractivity contribution in [2.75, 3.05) is 27.4 Å². The molecule has 0 unspecified atom stereocenters. The van der Waals surface area contributed by atoms with Gasteiger partial charge in [-0.3, -0.25) is 0 Å². The van der Waals surface area contributed by atoms with Crippen molar-refractivity contribution in [2.24, 2.45) is 21.6 Å². The number of nitrogens with zero attached hydrogens (tertiary/aromatic N) is 3. The number of rotatable bonds is 7. The number of nitriles is 2. The number of nitrogens with two attached hydrogens (primary N) is 1. The van der Waals surface area contributed by atoms with Crippen LogP contribution in [-0.4, -0.2) is 39.2 Å². The zero-order valence-corrected chi connectivity index (χ0v) is 15.8. The maximum absolute atomic E-state index is 10.2. The molecule has 0 radical (unpaired) electrons. The van der Waals surface area contributed by atoms with Gasteiger partial charge in [0.2, 0.25) is 0 Å². The molecule has 0 amide bonds. The molecule has 1 heterocycles. The predicted molar refractivity (Wildman–Crippen MR) is 96.0 cm³/mol. The molecule has 0 bridgehead atoms. The van der Waals surface area contributed by atoms with E-state index in [9.17, 15) is 10.5 Å². The molecular weight excluding hydrogens is 348 g/mol. The Morgan fingerprint density at radius 3 is 2.19 bits per heavy atom. The highest BCUT2D eigenvalue weighted by atomic mass is 16.7. The van der Waals surface area contributed by atoms with Crippen LogP contribution < -0.4 is 15.2 Å². The second kappa shape index (κ2) is 6.41. The lowest BCUT2D eigenvalue weighted by molar-refractivity contribution is -0.255. The number of aliphatic imine (C=N–C) groups is 1. The molecule has 0 spiro atoms. The van der Waals surface area contributed by atoms with E-state index in [0.29, 0.717) is 17.1 Å². The van der Waals surface area contributed by atoms with Crippen LogP contribution in [0.25, 0.3) is 0 Å². The van der Waals surface area contributed by atoms with Gasteiger partial charge in [-0.25, -0.2) is 4.99 Å². The molecule has 8 heteroatoms. The highest BCUT2D eigenvalue weighted by molar-refractivity contribution is 6.00. The zero-order valence-electron chi connectivity index (χ0n) is 15.8. The van der Waals surface area contributed by atoms with Gasteiger partial charge < -0.3 is 24.7 Å². The third kappa shape index (κ3) is 2.05. The number of ether oxygens (including phenoxy) is 4. The van der Waals surface area contributed by atoms with Crippen LogP contribution in [-0.2, 0) is 9.47 Å².